The Kier molecular flexibility index (Phi) is 5.38. The number of nitrogens with zero attached hydrogens (tertiary/aromatic N) is 2. The van der Waals surface area contributed by atoms with E-state index in [1.807, 2.05) is 53.4 Å². The van der Waals surface area contributed by atoms with Crippen molar-refractivity contribution in [3.05, 3.63) is 89.8 Å². The van der Waals surface area contributed by atoms with Crippen LogP contribution in [-0.2, 0) is 11.3 Å². The van der Waals surface area contributed by atoms with E-state index in [-0.39, 0.29) is 11.9 Å². The number of rotatable bonds is 5. The third-order valence-corrected chi connectivity index (χ3v) is 5.26. The predicted molar refractivity (Wildman–Crippen MR) is 113 cm³/mol. The lowest BCUT2D eigenvalue weighted by Crippen LogP contribution is -2.41. The first-order valence-corrected chi connectivity index (χ1v) is 9.62. The third kappa shape index (κ3) is 3.76. The van der Waals surface area contributed by atoms with Crippen LogP contribution in [0.2, 0.25) is 0 Å². The molecule has 0 aliphatic carbocycles. The lowest BCUT2D eigenvalue weighted by atomic mass is 10.00. The molecule has 0 fully saturated rings. The smallest absolute Gasteiger partial charge is 0.247 e. The Morgan fingerprint density at radius 3 is 2.52 bits per heavy atom. The average molecular weight is 388 g/mol. The molecule has 148 valence electrons. The molecule has 1 unspecified atom stereocenters. The van der Waals surface area contributed by atoms with E-state index >= 15 is 0 Å². The Balaban J connectivity index is 1.61. The Labute approximate surface area is 170 Å². The van der Waals surface area contributed by atoms with Gasteiger partial charge in [0.2, 0.25) is 5.91 Å². The van der Waals surface area contributed by atoms with Crippen LogP contribution in [0.15, 0.2) is 72.9 Å². The van der Waals surface area contributed by atoms with Crippen molar-refractivity contribution in [3.63, 3.8) is 0 Å². The molecule has 2 heterocycles. The monoisotopic (exact) mass is 388 g/mol. The summed E-state index contributed by atoms with van der Waals surface area (Å²) in [6.07, 6.45) is 5.53. The van der Waals surface area contributed by atoms with Crippen molar-refractivity contribution in [1.29, 1.82) is 0 Å². The van der Waals surface area contributed by atoms with E-state index in [9.17, 15) is 4.79 Å². The van der Waals surface area contributed by atoms with Crippen LogP contribution in [0.3, 0.4) is 0 Å². The second-order valence-electron chi connectivity index (χ2n) is 6.92. The van der Waals surface area contributed by atoms with Crippen molar-refractivity contribution in [1.82, 2.24) is 9.47 Å². The average Bonchev–Trinajstić information content (AvgIpc) is 3.26. The molecule has 0 saturated heterocycles. The van der Waals surface area contributed by atoms with Gasteiger partial charge in [-0.05, 0) is 41.5 Å². The van der Waals surface area contributed by atoms with Crippen LogP contribution in [0.25, 0.3) is 6.08 Å². The van der Waals surface area contributed by atoms with Gasteiger partial charge in [-0.2, -0.15) is 0 Å². The van der Waals surface area contributed by atoms with Gasteiger partial charge in [-0.15, -0.1) is 0 Å². The molecule has 0 radical (unpaired) electrons. The Hall–Kier alpha value is -3.47. The fourth-order valence-electron chi connectivity index (χ4n) is 3.83. The summed E-state index contributed by atoms with van der Waals surface area (Å²) in [5.74, 6) is 1.29. The van der Waals surface area contributed by atoms with Gasteiger partial charge in [0.1, 0.15) is 0 Å². The molecule has 1 atom stereocenters. The lowest BCUT2D eigenvalue weighted by Gasteiger charge is -2.36. The largest absolute Gasteiger partial charge is 0.493 e. The Morgan fingerprint density at radius 1 is 0.966 bits per heavy atom. The number of amides is 1. The summed E-state index contributed by atoms with van der Waals surface area (Å²) in [7, 11) is 3.20. The first kappa shape index (κ1) is 18.9. The quantitative estimate of drug-likeness (QED) is 0.617. The standard InChI is InChI=1S/C24H24N2O3/c1-28-21-12-10-18(17-22(21)29-2)11-13-23(27)26-16-15-25-14-6-9-20(25)24(26)19-7-4-3-5-8-19/h3-14,17,24H,15-16H2,1-2H3/b13-11+. The number of ether oxygens (including phenoxy) is 2. The molecule has 29 heavy (non-hydrogen) atoms. The van der Waals surface area contributed by atoms with Crippen molar-refractivity contribution in [2.45, 2.75) is 12.6 Å². The molecule has 1 aliphatic heterocycles. The molecule has 4 rings (SSSR count). The second-order valence-corrected chi connectivity index (χ2v) is 6.92. The van der Waals surface area contributed by atoms with E-state index in [2.05, 4.69) is 29.0 Å². The molecule has 1 aliphatic rings. The van der Waals surface area contributed by atoms with Crippen LogP contribution in [0.1, 0.15) is 22.9 Å². The van der Waals surface area contributed by atoms with E-state index < -0.39 is 0 Å². The van der Waals surface area contributed by atoms with Gasteiger partial charge < -0.3 is 18.9 Å². The van der Waals surface area contributed by atoms with Gasteiger partial charge >= 0.3 is 0 Å². The summed E-state index contributed by atoms with van der Waals surface area (Å²) >= 11 is 0. The van der Waals surface area contributed by atoms with Crippen LogP contribution in [0, 0.1) is 0 Å². The molecule has 1 aromatic heterocycles. The zero-order chi connectivity index (χ0) is 20.2. The summed E-state index contributed by atoms with van der Waals surface area (Å²) in [4.78, 5) is 15.1. The zero-order valence-corrected chi connectivity index (χ0v) is 16.6. The number of carbonyl (C=O) groups is 1. The minimum absolute atomic E-state index is 0.0129. The topological polar surface area (TPSA) is 43.7 Å². The highest BCUT2D eigenvalue weighted by molar-refractivity contribution is 5.92. The Morgan fingerprint density at radius 2 is 1.76 bits per heavy atom. The number of methoxy groups -OCH3 is 2. The van der Waals surface area contributed by atoms with Crippen LogP contribution in [0.4, 0.5) is 0 Å². The first-order valence-electron chi connectivity index (χ1n) is 9.62. The summed E-state index contributed by atoms with van der Waals surface area (Å²) in [5, 5.41) is 0. The predicted octanol–water partition coefficient (Wildman–Crippen LogP) is 4.15. The van der Waals surface area contributed by atoms with Crippen LogP contribution >= 0.6 is 0 Å². The molecule has 2 aromatic carbocycles. The van der Waals surface area contributed by atoms with Gasteiger partial charge in [0.05, 0.1) is 20.3 Å². The maximum atomic E-state index is 13.1. The van der Waals surface area contributed by atoms with Crippen LogP contribution in [-0.4, -0.2) is 36.1 Å². The fraction of sp³-hybridized carbons (Fsp3) is 0.208. The molecule has 3 aromatic rings. The van der Waals surface area contributed by atoms with Gasteiger partial charge in [-0.3, -0.25) is 4.79 Å². The highest BCUT2D eigenvalue weighted by atomic mass is 16.5. The van der Waals surface area contributed by atoms with E-state index in [0.29, 0.717) is 18.0 Å². The van der Waals surface area contributed by atoms with Crippen molar-refractivity contribution in [3.8, 4) is 11.5 Å². The normalized spacial score (nSPS) is 15.9. The lowest BCUT2D eigenvalue weighted by molar-refractivity contribution is -0.128. The van der Waals surface area contributed by atoms with E-state index in [4.69, 9.17) is 9.47 Å². The van der Waals surface area contributed by atoms with Crippen molar-refractivity contribution >= 4 is 12.0 Å². The summed E-state index contributed by atoms with van der Waals surface area (Å²) in [6.45, 7) is 1.46. The number of hydrogen-bond acceptors (Lipinski definition) is 3. The maximum absolute atomic E-state index is 13.1. The molecule has 0 saturated carbocycles. The first-order chi connectivity index (χ1) is 14.2. The number of aromatic nitrogens is 1. The molecule has 0 spiro atoms. The molecular weight excluding hydrogens is 364 g/mol. The van der Waals surface area contributed by atoms with Crippen molar-refractivity contribution in [2.24, 2.45) is 0 Å². The van der Waals surface area contributed by atoms with E-state index in [1.165, 1.54) is 0 Å². The van der Waals surface area contributed by atoms with Crippen LogP contribution < -0.4 is 9.47 Å². The van der Waals surface area contributed by atoms with E-state index in [1.54, 1.807) is 20.3 Å². The minimum atomic E-state index is -0.0949. The highest BCUT2D eigenvalue weighted by Crippen LogP contribution is 2.33. The number of hydrogen-bond donors (Lipinski definition) is 0. The van der Waals surface area contributed by atoms with Gasteiger partial charge in [0.25, 0.3) is 0 Å². The number of fused-ring (bicyclic) bond motifs is 1. The Bertz CT molecular complexity index is 1020. The van der Waals surface area contributed by atoms with Crippen molar-refractivity contribution in [2.75, 3.05) is 20.8 Å². The number of carbonyl (C=O) groups excluding carboxylic acids is 1. The zero-order valence-electron chi connectivity index (χ0n) is 16.6. The SMILES string of the molecule is COc1ccc(/C=C/C(=O)N2CCn3cccc3C2c2ccccc2)cc1OC. The van der Waals surface area contributed by atoms with E-state index in [0.717, 1.165) is 23.4 Å². The van der Waals surface area contributed by atoms with Gasteiger partial charge in [0.15, 0.2) is 11.5 Å². The van der Waals surface area contributed by atoms with Crippen molar-refractivity contribution < 1.29 is 14.3 Å². The maximum Gasteiger partial charge on any atom is 0.247 e. The molecule has 5 nitrogen and oxygen atoms in total. The van der Waals surface area contributed by atoms with Gasteiger partial charge in [-0.1, -0.05) is 36.4 Å². The fourth-order valence-corrected chi connectivity index (χ4v) is 3.83. The summed E-state index contributed by atoms with van der Waals surface area (Å²) in [5.41, 5.74) is 3.13. The second kappa shape index (κ2) is 8.27. The molecule has 0 bridgehead atoms. The molecular formula is C24H24N2O3. The minimum Gasteiger partial charge on any atom is -0.493 e. The molecule has 0 N–H and O–H groups in total. The summed E-state index contributed by atoms with van der Waals surface area (Å²) in [6, 6.07) is 19.8. The molecule has 5 heteroatoms. The van der Waals surface area contributed by atoms with Gasteiger partial charge in [-0.25, -0.2) is 0 Å². The summed E-state index contributed by atoms with van der Waals surface area (Å²) < 4.78 is 12.8. The van der Waals surface area contributed by atoms with Gasteiger partial charge in [0, 0.05) is 31.1 Å². The molecule has 1 amide bonds. The number of benzene rings is 2. The van der Waals surface area contributed by atoms with Crippen LogP contribution in [0.5, 0.6) is 11.5 Å². The highest BCUT2D eigenvalue weighted by Gasteiger charge is 2.30. The third-order valence-electron chi connectivity index (χ3n) is 5.26.